The van der Waals surface area contributed by atoms with E-state index in [1.807, 2.05) is 24.3 Å². The molecule has 1 amide bonds. The van der Waals surface area contributed by atoms with Gasteiger partial charge in [0.05, 0.1) is 18.4 Å². The molecule has 6 nitrogen and oxygen atoms in total. The Bertz CT molecular complexity index is 481. The number of anilines is 1. The Labute approximate surface area is 130 Å². The quantitative estimate of drug-likeness (QED) is 0.712. The fourth-order valence-electron chi connectivity index (χ4n) is 2.37. The molecule has 2 atom stereocenters. The first-order chi connectivity index (χ1) is 10.7. The highest BCUT2D eigenvalue weighted by atomic mass is 16.5. The second-order valence-electron chi connectivity index (χ2n) is 5.24. The van der Waals surface area contributed by atoms with E-state index in [9.17, 15) is 4.79 Å². The Morgan fingerprint density at radius 1 is 1.36 bits per heavy atom. The lowest BCUT2D eigenvalue weighted by molar-refractivity contribution is -0.126. The Hall–Kier alpha value is -1.63. The zero-order chi connectivity index (χ0) is 15.8. The maximum atomic E-state index is 12.3. The monoisotopic (exact) mass is 308 g/mol. The van der Waals surface area contributed by atoms with Crippen molar-refractivity contribution in [3.8, 4) is 5.75 Å². The second kappa shape index (κ2) is 8.73. The zero-order valence-corrected chi connectivity index (χ0v) is 12.9. The molecule has 3 N–H and O–H groups in total. The zero-order valence-electron chi connectivity index (χ0n) is 12.9. The minimum atomic E-state index is -0.435. The molecule has 2 rings (SSSR count). The van der Waals surface area contributed by atoms with Crippen molar-refractivity contribution >= 4 is 11.6 Å². The molecule has 1 aromatic rings. The lowest BCUT2D eigenvalue weighted by atomic mass is 10.2. The van der Waals surface area contributed by atoms with Crippen molar-refractivity contribution in [1.29, 1.82) is 0 Å². The maximum absolute atomic E-state index is 12.3. The minimum Gasteiger partial charge on any atom is -0.491 e. The number of para-hydroxylation sites is 2. The van der Waals surface area contributed by atoms with E-state index in [0.29, 0.717) is 37.6 Å². The average Bonchev–Trinajstić information content (AvgIpc) is 3.02. The van der Waals surface area contributed by atoms with Crippen molar-refractivity contribution in [3.63, 3.8) is 0 Å². The van der Waals surface area contributed by atoms with E-state index >= 15 is 0 Å². The number of methoxy groups -OCH3 is 1. The molecule has 0 aromatic heterocycles. The number of benzene rings is 1. The van der Waals surface area contributed by atoms with Gasteiger partial charge in [-0.1, -0.05) is 12.1 Å². The molecule has 1 aliphatic heterocycles. The van der Waals surface area contributed by atoms with Gasteiger partial charge in [-0.05, 0) is 25.0 Å². The number of hydrogen-bond acceptors (Lipinski definition) is 5. The molecule has 0 spiro atoms. The van der Waals surface area contributed by atoms with E-state index in [0.717, 1.165) is 12.8 Å². The summed E-state index contributed by atoms with van der Waals surface area (Å²) in [5, 5.41) is 2.88. The molecule has 0 aliphatic carbocycles. The van der Waals surface area contributed by atoms with Crippen molar-refractivity contribution < 1.29 is 19.0 Å². The van der Waals surface area contributed by atoms with Crippen molar-refractivity contribution in [2.24, 2.45) is 5.73 Å². The molecule has 0 bridgehead atoms. The summed E-state index contributed by atoms with van der Waals surface area (Å²) in [5.41, 5.74) is 6.22. The Kier molecular flexibility index (Phi) is 6.64. The summed E-state index contributed by atoms with van der Waals surface area (Å²) < 4.78 is 16.3. The smallest absolute Gasteiger partial charge is 0.253 e. The van der Waals surface area contributed by atoms with Gasteiger partial charge in [-0.15, -0.1) is 0 Å². The first-order valence-electron chi connectivity index (χ1n) is 7.61. The van der Waals surface area contributed by atoms with Crippen molar-refractivity contribution in [2.45, 2.75) is 31.5 Å². The van der Waals surface area contributed by atoms with Crippen molar-refractivity contribution in [2.75, 3.05) is 32.2 Å². The number of carbonyl (C=O) groups is 1. The molecule has 0 unspecified atom stereocenters. The highest BCUT2D eigenvalue weighted by Gasteiger charge is 2.30. The number of nitrogens with one attached hydrogen (secondary N) is 1. The molecular weight excluding hydrogens is 284 g/mol. The molecule has 1 aromatic carbocycles. The molecule has 6 heteroatoms. The number of amides is 1. The highest BCUT2D eigenvalue weighted by molar-refractivity contribution is 5.95. The van der Waals surface area contributed by atoms with Crippen LogP contribution in [0.3, 0.4) is 0 Å². The summed E-state index contributed by atoms with van der Waals surface area (Å²) in [6, 6.07) is 7.38. The fraction of sp³-hybridized carbons (Fsp3) is 0.562. The Balaban J connectivity index is 1.90. The van der Waals surface area contributed by atoms with Gasteiger partial charge in [-0.3, -0.25) is 4.79 Å². The lowest BCUT2D eigenvalue weighted by Crippen LogP contribution is -2.30. The van der Waals surface area contributed by atoms with E-state index < -0.39 is 6.10 Å². The SMILES string of the molecule is COCCCOc1ccccc1NC(=O)[C@@H]1CC[C@H](CN)O1. The van der Waals surface area contributed by atoms with Crippen LogP contribution >= 0.6 is 0 Å². The third kappa shape index (κ3) is 4.69. The second-order valence-corrected chi connectivity index (χ2v) is 5.24. The topological polar surface area (TPSA) is 82.8 Å². The first-order valence-corrected chi connectivity index (χ1v) is 7.61. The number of rotatable bonds is 8. The van der Waals surface area contributed by atoms with Crippen LogP contribution in [-0.2, 0) is 14.3 Å². The summed E-state index contributed by atoms with van der Waals surface area (Å²) in [4.78, 5) is 12.3. The first kappa shape index (κ1) is 16.7. The molecule has 1 fully saturated rings. The van der Waals surface area contributed by atoms with E-state index in [1.165, 1.54) is 0 Å². The molecule has 1 saturated heterocycles. The third-order valence-corrected chi connectivity index (χ3v) is 3.56. The van der Waals surface area contributed by atoms with Gasteiger partial charge in [0.1, 0.15) is 11.9 Å². The molecule has 1 heterocycles. The standard InChI is InChI=1S/C16H24N2O4/c1-20-9-4-10-21-14-6-3-2-5-13(14)18-16(19)15-8-7-12(11-17)22-15/h2-3,5-6,12,15H,4,7-11,17H2,1H3,(H,18,19)/t12-,15+/m1/s1. The van der Waals surface area contributed by atoms with Crippen LogP contribution in [0.5, 0.6) is 5.75 Å². The van der Waals surface area contributed by atoms with E-state index in [1.54, 1.807) is 7.11 Å². The van der Waals surface area contributed by atoms with Crippen molar-refractivity contribution in [3.05, 3.63) is 24.3 Å². The number of ether oxygens (including phenoxy) is 3. The maximum Gasteiger partial charge on any atom is 0.253 e. The summed E-state index contributed by atoms with van der Waals surface area (Å²) in [5.74, 6) is 0.504. The van der Waals surface area contributed by atoms with Crippen LogP contribution in [0.4, 0.5) is 5.69 Å². The van der Waals surface area contributed by atoms with Gasteiger partial charge in [-0.25, -0.2) is 0 Å². The minimum absolute atomic E-state index is 0.0173. The molecule has 0 radical (unpaired) electrons. The van der Waals surface area contributed by atoms with Crippen LogP contribution in [-0.4, -0.2) is 45.0 Å². The van der Waals surface area contributed by atoms with Crippen molar-refractivity contribution in [1.82, 2.24) is 0 Å². The van der Waals surface area contributed by atoms with Gasteiger partial charge in [0.25, 0.3) is 5.91 Å². The van der Waals surface area contributed by atoms with Crippen LogP contribution in [0.15, 0.2) is 24.3 Å². The average molecular weight is 308 g/mol. The number of carbonyl (C=O) groups excluding carboxylic acids is 1. The van der Waals surface area contributed by atoms with E-state index in [-0.39, 0.29) is 12.0 Å². The summed E-state index contributed by atoms with van der Waals surface area (Å²) in [6.07, 6.45) is 1.86. The number of nitrogens with two attached hydrogens (primary N) is 1. The van der Waals surface area contributed by atoms with Crippen LogP contribution in [0.25, 0.3) is 0 Å². The van der Waals surface area contributed by atoms with Gasteiger partial charge in [-0.2, -0.15) is 0 Å². The third-order valence-electron chi connectivity index (χ3n) is 3.56. The van der Waals surface area contributed by atoms with Gasteiger partial charge in [0, 0.05) is 26.7 Å². The van der Waals surface area contributed by atoms with E-state index in [2.05, 4.69) is 5.32 Å². The summed E-state index contributed by atoms with van der Waals surface area (Å²) in [7, 11) is 1.66. The van der Waals surface area contributed by atoms with Gasteiger partial charge in [0.15, 0.2) is 0 Å². The van der Waals surface area contributed by atoms with Gasteiger partial charge in [0.2, 0.25) is 0 Å². The summed E-state index contributed by atoms with van der Waals surface area (Å²) >= 11 is 0. The highest BCUT2D eigenvalue weighted by Crippen LogP contribution is 2.26. The molecule has 0 saturated carbocycles. The summed E-state index contributed by atoms with van der Waals surface area (Å²) in [6.45, 7) is 1.63. The van der Waals surface area contributed by atoms with Gasteiger partial charge < -0.3 is 25.3 Å². The predicted molar refractivity (Wildman–Crippen MR) is 84.0 cm³/mol. The lowest BCUT2D eigenvalue weighted by Gasteiger charge is -2.15. The molecule has 122 valence electrons. The van der Waals surface area contributed by atoms with Crippen LogP contribution in [0, 0.1) is 0 Å². The largest absolute Gasteiger partial charge is 0.491 e. The van der Waals surface area contributed by atoms with Crippen LogP contribution in [0.1, 0.15) is 19.3 Å². The van der Waals surface area contributed by atoms with Gasteiger partial charge >= 0.3 is 0 Å². The fourth-order valence-corrected chi connectivity index (χ4v) is 2.37. The Morgan fingerprint density at radius 2 is 2.18 bits per heavy atom. The van der Waals surface area contributed by atoms with Crippen LogP contribution in [0.2, 0.25) is 0 Å². The normalized spacial score (nSPS) is 20.8. The van der Waals surface area contributed by atoms with Crippen LogP contribution < -0.4 is 15.8 Å². The molecular formula is C16H24N2O4. The Morgan fingerprint density at radius 3 is 2.91 bits per heavy atom. The molecule has 1 aliphatic rings. The predicted octanol–water partition coefficient (Wildman–Crippen LogP) is 1.55. The number of hydrogen-bond donors (Lipinski definition) is 2. The molecule has 22 heavy (non-hydrogen) atoms. The van der Waals surface area contributed by atoms with E-state index in [4.69, 9.17) is 19.9 Å².